The highest BCUT2D eigenvalue weighted by atomic mass is 16.2. The van der Waals surface area contributed by atoms with Crippen LogP contribution in [0.25, 0.3) is 11.1 Å². The van der Waals surface area contributed by atoms with Gasteiger partial charge in [-0.25, -0.2) is 0 Å². The lowest BCUT2D eigenvalue weighted by molar-refractivity contribution is -0.133. The van der Waals surface area contributed by atoms with Crippen molar-refractivity contribution in [2.24, 2.45) is 12.5 Å². The summed E-state index contributed by atoms with van der Waals surface area (Å²) in [5, 5.41) is 7.16. The maximum atomic E-state index is 13.4. The minimum atomic E-state index is -0.694. The molecular formula is C25H29N5O2. The normalized spacial score (nSPS) is 18.4. The first kappa shape index (κ1) is 21.7. The van der Waals surface area contributed by atoms with Crippen molar-refractivity contribution in [3.05, 3.63) is 72.3 Å². The van der Waals surface area contributed by atoms with Gasteiger partial charge in [0.25, 0.3) is 5.91 Å². The van der Waals surface area contributed by atoms with Crippen LogP contribution in [0.4, 0.5) is 0 Å². The third kappa shape index (κ3) is 4.28. The van der Waals surface area contributed by atoms with E-state index in [1.165, 1.54) is 0 Å². The number of rotatable bonds is 6. The van der Waals surface area contributed by atoms with Crippen LogP contribution < -0.4 is 5.32 Å². The predicted octanol–water partition coefficient (Wildman–Crippen LogP) is 3.08. The van der Waals surface area contributed by atoms with Gasteiger partial charge in [-0.3, -0.25) is 19.3 Å². The number of hydrogen-bond acceptors (Lipinski definition) is 4. The van der Waals surface area contributed by atoms with Crippen LogP contribution in [0.15, 0.2) is 61.1 Å². The molecule has 32 heavy (non-hydrogen) atoms. The van der Waals surface area contributed by atoms with Crippen LogP contribution in [0.5, 0.6) is 0 Å². The summed E-state index contributed by atoms with van der Waals surface area (Å²) in [4.78, 5) is 32.7. The number of carbonyl (C=O) groups is 2. The lowest BCUT2D eigenvalue weighted by atomic mass is 9.73. The molecule has 1 fully saturated rings. The smallest absolute Gasteiger partial charge is 0.272 e. The summed E-state index contributed by atoms with van der Waals surface area (Å²) < 4.78 is 1.59. The Bertz CT molecular complexity index is 1090. The molecule has 166 valence electrons. The summed E-state index contributed by atoms with van der Waals surface area (Å²) in [6, 6.07) is 13.8. The minimum absolute atomic E-state index is 0.00324. The number of piperidine rings is 1. The number of likely N-dealkylation sites (tertiary alicyclic amines) is 1. The molecule has 3 heterocycles. The first-order chi connectivity index (χ1) is 15.5. The lowest BCUT2D eigenvalue weighted by Crippen LogP contribution is -2.54. The fraction of sp³-hybridized carbons (Fsp3) is 0.360. The average Bonchev–Trinajstić information content (AvgIpc) is 3.25. The molecule has 1 aliphatic rings. The molecule has 2 aromatic heterocycles. The Kier molecular flexibility index (Phi) is 6.35. The fourth-order valence-electron chi connectivity index (χ4n) is 4.65. The van der Waals surface area contributed by atoms with Gasteiger partial charge in [0.15, 0.2) is 0 Å². The van der Waals surface area contributed by atoms with E-state index in [0.717, 1.165) is 29.5 Å². The third-order valence-corrected chi connectivity index (χ3v) is 6.24. The van der Waals surface area contributed by atoms with Gasteiger partial charge in [0.1, 0.15) is 5.69 Å². The fourth-order valence-corrected chi connectivity index (χ4v) is 4.65. The Hall–Kier alpha value is -3.48. The third-order valence-electron chi connectivity index (χ3n) is 6.24. The molecule has 7 nitrogen and oxygen atoms in total. The molecule has 0 radical (unpaired) electrons. The molecule has 3 aromatic rings. The second kappa shape index (κ2) is 9.34. The van der Waals surface area contributed by atoms with E-state index in [0.29, 0.717) is 31.7 Å². The number of nitrogens with one attached hydrogen (secondary N) is 1. The molecule has 1 aromatic carbocycles. The molecule has 1 atom stereocenters. The van der Waals surface area contributed by atoms with Gasteiger partial charge in [-0.1, -0.05) is 30.3 Å². The second-order valence-electron chi connectivity index (χ2n) is 8.39. The number of nitrogens with zero attached hydrogens (tertiary/aromatic N) is 4. The summed E-state index contributed by atoms with van der Waals surface area (Å²) in [6.45, 7) is 3.50. The maximum absolute atomic E-state index is 13.4. The number of hydrogen-bond donors (Lipinski definition) is 1. The number of pyridine rings is 1. The van der Waals surface area contributed by atoms with Crippen LogP contribution in [0.2, 0.25) is 0 Å². The van der Waals surface area contributed by atoms with Crippen molar-refractivity contribution >= 4 is 11.8 Å². The Morgan fingerprint density at radius 3 is 2.69 bits per heavy atom. The monoisotopic (exact) mass is 431 g/mol. The predicted molar refractivity (Wildman–Crippen MR) is 123 cm³/mol. The summed E-state index contributed by atoms with van der Waals surface area (Å²) >= 11 is 0. The van der Waals surface area contributed by atoms with E-state index in [1.807, 2.05) is 42.3 Å². The standard InChI is InChI=1S/C25H29N5O2/c1-3-27-24(32)25(12-7-15-30(18-25)23(31)22-11-14-28-29(22)2)16-19-8-4-5-10-21(19)20-9-6-13-26-17-20/h4-6,8-11,13-14,17H,3,7,12,15-16,18H2,1-2H3,(H,27,32)/t25-/m1/s1. The zero-order chi connectivity index (χ0) is 22.6. The Labute approximate surface area is 188 Å². The number of aryl methyl sites for hydroxylation is 1. The molecule has 1 N–H and O–H groups in total. The zero-order valence-corrected chi connectivity index (χ0v) is 18.6. The Morgan fingerprint density at radius 2 is 1.97 bits per heavy atom. The first-order valence-electron chi connectivity index (χ1n) is 11.1. The summed E-state index contributed by atoms with van der Waals surface area (Å²) in [7, 11) is 1.76. The first-order valence-corrected chi connectivity index (χ1v) is 11.1. The molecule has 4 rings (SSSR count). The van der Waals surface area contributed by atoms with Crippen LogP contribution >= 0.6 is 0 Å². The maximum Gasteiger partial charge on any atom is 0.272 e. The molecule has 0 unspecified atom stereocenters. The molecule has 0 bridgehead atoms. The zero-order valence-electron chi connectivity index (χ0n) is 18.6. The lowest BCUT2D eigenvalue weighted by Gasteiger charge is -2.42. The van der Waals surface area contributed by atoms with Gasteiger partial charge in [-0.2, -0.15) is 5.10 Å². The van der Waals surface area contributed by atoms with Crippen LogP contribution in [-0.2, 0) is 18.3 Å². The van der Waals surface area contributed by atoms with E-state index in [4.69, 9.17) is 0 Å². The van der Waals surface area contributed by atoms with E-state index < -0.39 is 5.41 Å². The van der Waals surface area contributed by atoms with Crippen molar-refractivity contribution in [3.63, 3.8) is 0 Å². The van der Waals surface area contributed by atoms with Crippen molar-refractivity contribution in [2.45, 2.75) is 26.2 Å². The molecular weight excluding hydrogens is 402 g/mol. The second-order valence-corrected chi connectivity index (χ2v) is 8.39. The van der Waals surface area contributed by atoms with Gasteiger partial charge in [-0.05, 0) is 49.4 Å². The van der Waals surface area contributed by atoms with E-state index in [9.17, 15) is 9.59 Å². The van der Waals surface area contributed by atoms with E-state index in [1.54, 1.807) is 30.2 Å². The van der Waals surface area contributed by atoms with Gasteiger partial charge >= 0.3 is 0 Å². The number of amides is 2. The molecule has 2 amide bonds. The van der Waals surface area contributed by atoms with E-state index in [2.05, 4.69) is 27.5 Å². The Balaban J connectivity index is 1.69. The molecule has 0 aliphatic carbocycles. The van der Waals surface area contributed by atoms with Crippen LogP contribution in [0.3, 0.4) is 0 Å². The molecule has 1 saturated heterocycles. The highest BCUT2D eigenvalue weighted by Gasteiger charge is 2.44. The SMILES string of the molecule is CCNC(=O)[C@@]1(Cc2ccccc2-c2cccnc2)CCCN(C(=O)c2ccnn2C)C1. The molecule has 7 heteroatoms. The highest BCUT2D eigenvalue weighted by molar-refractivity contribution is 5.93. The average molecular weight is 432 g/mol. The van der Waals surface area contributed by atoms with Gasteiger partial charge in [0.2, 0.25) is 5.91 Å². The van der Waals surface area contributed by atoms with Gasteiger partial charge in [0, 0.05) is 50.8 Å². The molecule has 1 aliphatic heterocycles. The van der Waals surface area contributed by atoms with Crippen molar-refractivity contribution in [3.8, 4) is 11.1 Å². The Morgan fingerprint density at radius 1 is 1.12 bits per heavy atom. The number of aromatic nitrogens is 3. The summed E-state index contributed by atoms with van der Waals surface area (Å²) in [6.07, 6.45) is 7.28. The topological polar surface area (TPSA) is 80.1 Å². The van der Waals surface area contributed by atoms with Crippen LogP contribution in [0, 0.1) is 5.41 Å². The highest BCUT2D eigenvalue weighted by Crippen LogP contribution is 2.37. The quantitative estimate of drug-likeness (QED) is 0.650. The molecule has 0 spiro atoms. The van der Waals surface area contributed by atoms with Crippen molar-refractivity contribution < 1.29 is 9.59 Å². The van der Waals surface area contributed by atoms with Crippen molar-refractivity contribution in [1.29, 1.82) is 0 Å². The van der Waals surface area contributed by atoms with Crippen LogP contribution in [0.1, 0.15) is 35.8 Å². The van der Waals surface area contributed by atoms with Crippen molar-refractivity contribution in [2.75, 3.05) is 19.6 Å². The van der Waals surface area contributed by atoms with Gasteiger partial charge < -0.3 is 10.2 Å². The number of carbonyl (C=O) groups excluding carboxylic acids is 2. The van der Waals surface area contributed by atoms with E-state index in [-0.39, 0.29) is 11.8 Å². The van der Waals surface area contributed by atoms with Crippen LogP contribution in [-0.4, -0.2) is 51.1 Å². The summed E-state index contributed by atoms with van der Waals surface area (Å²) in [5.74, 6) is -0.0811. The largest absolute Gasteiger partial charge is 0.356 e. The minimum Gasteiger partial charge on any atom is -0.356 e. The van der Waals surface area contributed by atoms with Gasteiger partial charge in [-0.15, -0.1) is 0 Å². The van der Waals surface area contributed by atoms with Crippen molar-refractivity contribution in [1.82, 2.24) is 25.0 Å². The van der Waals surface area contributed by atoms with E-state index >= 15 is 0 Å². The van der Waals surface area contributed by atoms with Gasteiger partial charge in [0.05, 0.1) is 5.41 Å². The molecule has 0 saturated carbocycles. The number of benzene rings is 1. The summed E-state index contributed by atoms with van der Waals surface area (Å²) in [5.41, 5.74) is 3.02.